The summed E-state index contributed by atoms with van der Waals surface area (Å²) in [6, 6.07) is 2.26. The molecule has 0 amide bonds. The predicted molar refractivity (Wildman–Crippen MR) is 66.2 cm³/mol. The molecule has 17 heavy (non-hydrogen) atoms. The van der Waals surface area contributed by atoms with Crippen molar-refractivity contribution in [2.75, 3.05) is 24.5 Å². The van der Waals surface area contributed by atoms with Crippen LogP contribution in [-0.2, 0) is 0 Å². The molecule has 2 unspecified atom stereocenters. The molecule has 1 aromatic rings. The number of anilines is 1. The van der Waals surface area contributed by atoms with E-state index in [-0.39, 0.29) is 5.56 Å². The molecular formula is C12H18N4O. The van der Waals surface area contributed by atoms with Crippen molar-refractivity contribution in [1.29, 1.82) is 0 Å². The number of hydrogen-bond donors (Lipinski definition) is 2. The minimum atomic E-state index is -0.0705. The molecular weight excluding hydrogens is 216 g/mol. The molecule has 0 aliphatic carbocycles. The SMILES string of the molecule is O=c1cc(N2CCC3NCCCC3C2)nc[nH]1. The Balaban J connectivity index is 1.75. The Bertz CT molecular complexity index is 444. The number of aromatic amines is 1. The van der Waals surface area contributed by atoms with Crippen LogP contribution in [0.25, 0.3) is 0 Å². The van der Waals surface area contributed by atoms with E-state index in [1.165, 1.54) is 19.2 Å². The monoisotopic (exact) mass is 234 g/mol. The van der Waals surface area contributed by atoms with E-state index in [4.69, 9.17) is 0 Å². The summed E-state index contributed by atoms with van der Waals surface area (Å²) in [4.78, 5) is 20.3. The summed E-state index contributed by atoms with van der Waals surface area (Å²) in [5.74, 6) is 1.52. The van der Waals surface area contributed by atoms with Crippen LogP contribution in [0.1, 0.15) is 19.3 Å². The number of nitrogens with zero attached hydrogens (tertiary/aromatic N) is 2. The van der Waals surface area contributed by atoms with Crippen molar-refractivity contribution in [1.82, 2.24) is 15.3 Å². The lowest BCUT2D eigenvalue weighted by Gasteiger charge is -2.42. The van der Waals surface area contributed by atoms with E-state index in [1.807, 2.05) is 0 Å². The van der Waals surface area contributed by atoms with E-state index in [9.17, 15) is 4.79 Å². The van der Waals surface area contributed by atoms with E-state index >= 15 is 0 Å². The molecule has 0 bridgehead atoms. The Morgan fingerprint density at radius 1 is 1.41 bits per heavy atom. The minimum Gasteiger partial charge on any atom is -0.356 e. The van der Waals surface area contributed by atoms with E-state index in [0.29, 0.717) is 12.0 Å². The molecule has 5 heteroatoms. The van der Waals surface area contributed by atoms with Crippen LogP contribution < -0.4 is 15.8 Å². The van der Waals surface area contributed by atoms with Crippen LogP contribution >= 0.6 is 0 Å². The number of H-pyrrole nitrogens is 1. The van der Waals surface area contributed by atoms with Crippen molar-refractivity contribution in [2.24, 2.45) is 5.92 Å². The molecule has 2 fully saturated rings. The van der Waals surface area contributed by atoms with Crippen LogP contribution in [0.5, 0.6) is 0 Å². The Morgan fingerprint density at radius 2 is 2.35 bits per heavy atom. The van der Waals surface area contributed by atoms with Crippen molar-refractivity contribution < 1.29 is 0 Å². The molecule has 0 radical (unpaired) electrons. The van der Waals surface area contributed by atoms with E-state index in [0.717, 1.165) is 31.9 Å². The van der Waals surface area contributed by atoms with E-state index in [1.54, 1.807) is 6.07 Å². The van der Waals surface area contributed by atoms with Crippen LogP contribution in [-0.4, -0.2) is 35.6 Å². The fraction of sp³-hybridized carbons (Fsp3) is 0.667. The Morgan fingerprint density at radius 3 is 3.24 bits per heavy atom. The Labute approximate surface area is 100 Å². The zero-order chi connectivity index (χ0) is 11.7. The number of nitrogens with one attached hydrogen (secondary N) is 2. The molecule has 2 aliphatic heterocycles. The maximum absolute atomic E-state index is 11.3. The molecule has 2 aliphatic rings. The van der Waals surface area contributed by atoms with Gasteiger partial charge in [0.1, 0.15) is 5.82 Å². The number of rotatable bonds is 1. The Hall–Kier alpha value is -1.36. The van der Waals surface area contributed by atoms with Gasteiger partial charge in [-0.1, -0.05) is 0 Å². The quantitative estimate of drug-likeness (QED) is 0.736. The molecule has 2 N–H and O–H groups in total. The van der Waals surface area contributed by atoms with Crippen LogP contribution in [0.4, 0.5) is 5.82 Å². The number of fused-ring (bicyclic) bond motifs is 1. The third-order valence-electron chi connectivity index (χ3n) is 3.88. The summed E-state index contributed by atoms with van der Waals surface area (Å²) >= 11 is 0. The van der Waals surface area contributed by atoms with Gasteiger partial charge in [0, 0.05) is 25.2 Å². The highest BCUT2D eigenvalue weighted by Gasteiger charge is 2.31. The second kappa shape index (κ2) is 4.49. The van der Waals surface area contributed by atoms with Gasteiger partial charge >= 0.3 is 0 Å². The van der Waals surface area contributed by atoms with Crippen molar-refractivity contribution in [3.8, 4) is 0 Å². The smallest absolute Gasteiger partial charge is 0.252 e. The van der Waals surface area contributed by atoms with Crippen molar-refractivity contribution in [2.45, 2.75) is 25.3 Å². The van der Waals surface area contributed by atoms with Gasteiger partial charge in [-0.3, -0.25) is 4.79 Å². The first-order chi connectivity index (χ1) is 8.33. The zero-order valence-electron chi connectivity index (χ0n) is 9.85. The first-order valence-corrected chi connectivity index (χ1v) is 6.36. The van der Waals surface area contributed by atoms with Crippen molar-refractivity contribution in [3.63, 3.8) is 0 Å². The average molecular weight is 234 g/mol. The molecule has 0 aromatic carbocycles. The summed E-state index contributed by atoms with van der Waals surface area (Å²) in [6.07, 6.45) is 5.19. The van der Waals surface area contributed by atoms with Crippen LogP contribution in [0.15, 0.2) is 17.2 Å². The fourth-order valence-corrected chi connectivity index (χ4v) is 2.98. The number of aromatic nitrogens is 2. The lowest BCUT2D eigenvalue weighted by Crippen LogP contribution is -2.52. The topological polar surface area (TPSA) is 61.0 Å². The lowest BCUT2D eigenvalue weighted by molar-refractivity contribution is 0.244. The van der Waals surface area contributed by atoms with Gasteiger partial charge in [-0.25, -0.2) is 4.98 Å². The van der Waals surface area contributed by atoms with Gasteiger partial charge in [0.05, 0.1) is 6.33 Å². The Kier molecular flexibility index (Phi) is 2.84. The summed E-state index contributed by atoms with van der Waals surface area (Å²) in [6.45, 7) is 3.17. The van der Waals surface area contributed by atoms with Crippen molar-refractivity contribution >= 4 is 5.82 Å². The predicted octanol–water partition coefficient (Wildman–Crippen LogP) is 0.348. The van der Waals surface area contributed by atoms with Crippen LogP contribution in [0.2, 0.25) is 0 Å². The van der Waals surface area contributed by atoms with Gasteiger partial charge in [0.15, 0.2) is 0 Å². The minimum absolute atomic E-state index is 0.0705. The highest BCUT2D eigenvalue weighted by molar-refractivity contribution is 5.37. The normalized spacial score (nSPS) is 28.8. The maximum atomic E-state index is 11.3. The van der Waals surface area contributed by atoms with Gasteiger partial charge in [-0.15, -0.1) is 0 Å². The highest BCUT2D eigenvalue weighted by atomic mass is 16.1. The maximum Gasteiger partial charge on any atom is 0.252 e. The third kappa shape index (κ3) is 2.20. The fourth-order valence-electron chi connectivity index (χ4n) is 2.98. The lowest BCUT2D eigenvalue weighted by atomic mass is 9.85. The molecule has 92 valence electrons. The van der Waals surface area contributed by atoms with E-state index < -0.39 is 0 Å². The van der Waals surface area contributed by atoms with E-state index in [2.05, 4.69) is 20.2 Å². The highest BCUT2D eigenvalue weighted by Crippen LogP contribution is 2.26. The molecule has 0 saturated carbocycles. The third-order valence-corrected chi connectivity index (χ3v) is 3.88. The second-order valence-electron chi connectivity index (χ2n) is 4.97. The van der Waals surface area contributed by atoms with Crippen molar-refractivity contribution in [3.05, 3.63) is 22.7 Å². The summed E-state index contributed by atoms with van der Waals surface area (Å²) in [5.41, 5.74) is -0.0705. The summed E-state index contributed by atoms with van der Waals surface area (Å²) in [7, 11) is 0. The van der Waals surface area contributed by atoms with Gasteiger partial charge in [-0.05, 0) is 31.7 Å². The van der Waals surface area contributed by atoms with Gasteiger partial charge in [-0.2, -0.15) is 0 Å². The number of piperidine rings is 2. The molecule has 2 saturated heterocycles. The second-order valence-corrected chi connectivity index (χ2v) is 4.97. The first-order valence-electron chi connectivity index (χ1n) is 6.36. The molecule has 2 atom stereocenters. The molecule has 5 nitrogen and oxygen atoms in total. The summed E-state index contributed by atoms with van der Waals surface area (Å²) in [5, 5.41) is 3.59. The molecule has 0 spiro atoms. The van der Waals surface area contributed by atoms with Gasteiger partial charge < -0.3 is 15.2 Å². The van der Waals surface area contributed by atoms with Crippen LogP contribution in [0.3, 0.4) is 0 Å². The van der Waals surface area contributed by atoms with Gasteiger partial charge in [0.25, 0.3) is 5.56 Å². The number of hydrogen-bond acceptors (Lipinski definition) is 4. The summed E-state index contributed by atoms with van der Waals surface area (Å²) < 4.78 is 0. The van der Waals surface area contributed by atoms with Gasteiger partial charge in [0.2, 0.25) is 0 Å². The first kappa shape index (κ1) is 10.8. The van der Waals surface area contributed by atoms with Crippen LogP contribution in [0, 0.1) is 5.92 Å². The zero-order valence-corrected chi connectivity index (χ0v) is 9.85. The molecule has 3 heterocycles. The standard InChI is InChI=1S/C12H18N4O/c17-12-6-11(14-8-15-12)16-5-3-10-9(7-16)2-1-4-13-10/h6,8-10,13H,1-5,7H2,(H,14,15,17). The molecule has 3 rings (SSSR count). The average Bonchev–Trinajstić information content (AvgIpc) is 2.38. The molecule has 1 aromatic heterocycles. The largest absolute Gasteiger partial charge is 0.356 e.